The lowest BCUT2D eigenvalue weighted by Gasteiger charge is -2.36. The summed E-state index contributed by atoms with van der Waals surface area (Å²) in [6.07, 6.45) is 6.89. The van der Waals surface area contributed by atoms with Gasteiger partial charge in [-0.05, 0) is 68.2 Å². The minimum Gasteiger partial charge on any atom is -0.482 e. The number of fused-ring (bicyclic) bond motifs is 2. The van der Waals surface area contributed by atoms with Crippen LogP contribution < -0.4 is 9.64 Å². The molecule has 0 saturated heterocycles. The summed E-state index contributed by atoms with van der Waals surface area (Å²) in [5, 5.41) is 1.15. The number of rotatable bonds is 19. The lowest BCUT2D eigenvalue weighted by molar-refractivity contribution is -0.118. The maximum atomic E-state index is 13.3. The summed E-state index contributed by atoms with van der Waals surface area (Å²) in [5.74, 6) is 0.648. The van der Waals surface area contributed by atoms with Gasteiger partial charge < -0.3 is 18.6 Å². The van der Waals surface area contributed by atoms with Gasteiger partial charge in [-0.3, -0.25) is 18.7 Å². The van der Waals surface area contributed by atoms with E-state index in [4.69, 9.17) is 28.6 Å². The van der Waals surface area contributed by atoms with Crippen LogP contribution in [0.5, 0.6) is 5.88 Å². The highest BCUT2D eigenvalue weighted by atomic mass is 28.4. The van der Waals surface area contributed by atoms with Gasteiger partial charge in [-0.15, -0.1) is 0 Å². The lowest BCUT2D eigenvalue weighted by atomic mass is 10.1. The van der Waals surface area contributed by atoms with Crippen molar-refractivity contribution in [2.75, 3.05) is 39.4 Å². The van der Waals surface area contributed by atoms with Crippen molar-refractivity contribution in [3.8, 4) is 17.3 Å². The molecule has 4 aromatic heterocycles. The minimum atomic E-state index is -1.68. The third-order valence-electron chi connectivity index (χ3n) is 10.5. The number of carbonyl (C=O) groups is 2. The van der Waals surface area contributed by atoms with Crippen LogP contribution in [0.15, 0.2) is 30.3 Å². The molecular formula is C40H63N5O6Si2. The van der Waals surface area contributed by atoms with Gasteiger partial charge in [0.25, 0.3) is 0 Å². The van der Waals surface area contributed by atoms with E-state index in [9.17, 15) is 9.59 Å². The Kier molecular flexibility index (Phi) is 14.1. The summed E-state index contributed by atoms with van der Waals surface area (Å²) >= 11 is 0. The molecule has 0 aliphatic carbocycles. The first-order valence-electron chi connectivity index (χ1n) is 19.0. The second-order valence-electron chi connectivity index (χ2n) is 16.8. The number of methoxy groups -OCH3 is 2. The van der Waals surface area contributed by atoms with Crippen molar-refractivity contribution in [3.05, 3.63) is 41.6 Å². The topological polar surface area (TPSA) is 109 Å². The molecule has 0 aromatic carbocycles. The third-order valence-corrected chi connectivity index (χ3v) is 16.8. The highest BCUT2D eigenvalue weighted by Gasteiger charge is 2.36. The average Bonchev–Trinajstić information content (AvgIpc) is 3.63. The second kappa shape index (κ2) is 17.7. The number of aryl methyl sites for hydroxylation is 1. The Morgan fingerprint density at radius 1 is 0.887 bits per heavy atom. The number of nitrogens with zero attached hydrogens (tertiary/aromatic N) is 5. The maximum absolute atomic E-state index is 13.3. The van der Waals surface area contributed by atoms with Crippen LogP contribution in [-0.2, 0) is 25.4 Å². The summed E-state index contributed by atoms with van der Waals surface area (Å²) in [4.78, 5) is 37.4. The standard InChI is InChI=1S/C40H63N5O6Si2/c1-29-37(41-34-26-31(39(47)49-7)27-36(48-6)45(29)34)32-25-30-20-21-33(42-38(30)44(32)28-50-23-24-52(8,9)10)43(5)35(46)19-17-15-13-14-16-18-22-51-53(11,12)40(2,3)4/h20-21,25-27H,13-19,22-24,28H2,1-12H3. The molecule has 0 radical (unpaired) electrons. The largest absolute Gasteiger partial charge is 0.482 e. The molecule has 0 N–H and O–H groups in total. The zero-order valence-corrected chi connectivity index (χ0v) is 36.4. The van der Waals surface area contributed by atoms with Crippen LogP contribution >= 0.6 is 0 Å². The fourth-order valence-corrected chi connectivity index (χ4v) is 7.84. The number of unbranched alkanes of at least 4 members (excludes halogenated alkanes) is 5. The minimum absolute atomic E-state index is 0.0500. The number of pyridine rings is 2. The number of imidazole rings is 1. The number of amides is 1. The van der Waals surface area contributed by atoms with Crippen LogP contribution in [0.25, 0.3) is 28.1 Å². The molecule has 0 atom stereocenters. The molecule has 11 nitrogen and oxygen atoms in total. The van der Waals surface area contributed by atoms with E-state index in [1.165, 1.54) is 7.11 Å². The number of anilines is 1. The van der Waals surface area contributed by atoms with Crippen LogP contribution in [0.1, 0.15) is 81.8 Å². The Labute approximate surface area is 318 Å². The fourth-order valence-electron chi connectivity index (χ4n) is 5.99. The first kappa shape index (κ1) is 42.2. The zero-order valence-electron chi connectivity index (χ0n) is 34.4. The molecule has 292 valence electrons. The van der Waals surface area contributed by atoms with Gasteiger partial charge in [0, 0.05) is 46.2 Å². The molecule has 53 heavy (non-hydrogen) atoms. The van der Waals surface area contributed by atoms with E-state index in [1.807, 2.05) is 28.0 Å². The van der Waals surface area contributed by atoms with Gasteiger partial charge in [0.1, 0.15) is 29.5 Å². The molecule has 13 heteroatoms. The summed E-state index contributed by atoms with van der Waals surface area (Å²) in [6, 6.07) is 10.3. The Morgan fingerprint density at radius 2 is 1.57 bits per heavy atom. The Hall–Kier alpha value is -3.53. The van der Waals surface area contributed by atoms with Gasteiger partial charge in [-0.1, -0.05) is 66.1 Å². The van der Waals surface area contributed by atoms with Crippen LogP contribution in [0, 0.1) is 6.92 Å². The smallest absolute Gasteiger partial charge is 0.338 e. The zero-order chi connectivity index (χ0) is 39.1. The van der Waals surface area contributed by atoms with Crippen LogP contribution in [-0.4, -0.2) is 81.7 Å². The Balaban J connectivity index is 1.49. The average molecular weight is 766 g/mol. The molecule has 0 spiro atoms. The lowest BCUT2D eigenvalue weighted by Crippen LogP contribution is -2.40. The quantitative estimate of drug-likeness (QED) is 0.0528. The van der Waals surface area contributed by atoms with E-state index in [0.29, 0.717) is 47.3 Å². The molecule has 4 aromatic rings. The molecule has 0 unspecified atom stereocenters. The van der Waals surface area contributed by atoms with E-state index >= 15 is 0 Å². The summed E-state index contributed by atoms with van der Waals surface area (Å²) in [5.41, 5.74) is 3.99. The van der Waals surface area contributed by atoms with Gasteiger partial charge in [0.15, 0.2) is 14.2 Å². The Bertz CT molecular complexity index is 1870. The van der Waals surface area contributed by atoms with Crippen molar-refractivity contribution >= 4 is 50.8 Å². The number of hydrogen-bond acceptors (Lipinski definition) is 8. The second-order valence-corrected chi connectivity index (χ2v) is 27.3. The fraction of sp³-hybridized carbons (Fsp3) is 0.600. The van der Waals surface area contributed by atoms with Gasteiger partial charge in [-0.25, -0.2) is 14.8 Å². The maximum Gasteiger partial charge on any atom is 0.338 e. The van der Waals surface area contributed by atoms with Crippen molar-refractivity contribution < 1.29 is 28.2 Å². The molecule has 0 fully saturated rings. The van der Waals surface area contributed by atoms with Gasteiger partial charge in [0.2, 0.25) is 5.91 Å². The predicted molar refractivity (Wildman–Crippen MR) is 220 cm³/mol. The molecule has 0 aliphatic rings. The van der Waals surface area contributed by atoms with Crippen LogP contribution in [0.3, 0.4) is 0 Å². The van der Waals surface area contributed by atoms with Crippen molar-refractivity contribution in [3.63, 3.8) is 0 Å². The number of aromatic nitrogens is 4. The molecule has 4 heterocycles. The van der Waals surface area contributed by atoms with Crippen LogP contribution in [0.4, 0.5) is 5.82 Å². The third kappa shape index (κ3) is 10.6. The first-order chi connectivity index (χ1) is 24.9. The van der Waals surface area contributed by atoms with E-state index in [1.54, 1.807) is 31.2 Å². The van der Waals surface area contributed by atoms with Crippen LogP contribution in [0.2, 0.25) is 43.8 Å². The first-order valence-corrected chi connectivity index (χ1v) is 25.6. The van der Waals surface area contributed by atoms with Crippen molar-refractivity contribution in [2.24, 2.45) is 0 Å². The molecule has 1 amide bonds. The molecule has 4 rings (SSSR count). The van der Waals surface area contributed by atoms with E-state index in [2.05, 4.69) is 59.6 Å². The highest BCUT2D eigenvalue weighted by Crippen LogP contribution is 2.37. The molecule has 0 aliphatic heterocycles. The molecular weight excluding hydrogens is 703 g/mol. The molecule has 0 saturated carbocycles. The number of hydrogen-bond donors (Lipinski definition) is 0. The number of ether oxygens (including phenoxy) is 3. The summed E-state index contributed by atoms with van der Waals surface area (Å²) < 4.78 is 27.1. The Morgan fingerprint density at radius 3 is 2.21 bits per heavy atom. The predicted octanol–water partition coefficient (Wildman–Crippen LogP) is 9.48. The van der Waals surface area contributed by atoms with Gasteiger partial charge in [0.05, 0.1) is 31.2 Å². The van der Waals surface area contributed by atoms with Gasteiger partial charge in [-0.2, -0.15) is 0 Å². The summed E-state index contributed by atoms with van der Waals surface area (Å²) in [6.45, 7) is 22.2. The number of carbonyl (C=O) groups excluding carboxylic acids is 2. The number of esters is 1. The monoisotopic (exact) mass is 765 g/mol. The normalized spacial score (nSPS) is 12.5. The molecule has 0 bridgehead atoms. The van der Waals surface area contributed by atoms with Gasteiger partial charge >= 0.3 is 5.97 Å². The SMILES string of the molecule is COC(=O)c1cc(OC)n2c(C)c(-c3cc4ccc(N(C)C(=O)CCCCCCCCO[Si](C)(C)C(C)(C)C)nc4n3COCC[Si](C)(C)C)nc2c1. The van der Waals surface area contributed by atoms with Crippen molar-refractivity contribution in [1.82, 2.24) is 18.9 Å². The van der Waals surface area contributed by atoms with E-state index < -0.39 is 22.4 Å². The highest BCUT2D eigenvalue weighted by molar-refractivity contribution is 6.76. The van der Waals surface area contributed by atoms with Crippen molar-refractivity contribution in [2.45, 2.75) is 123 Å². The van der Waals surface area contributed by atoms with E-state index in [-0.39, 0.29) is 17.7 Å². The van der Waals surface area contributed by atoms with Crippen molar-refractivity contribution in [1.29, 1.82) is 0 Å². The van der Waals surface area contributed by atoms with E-state index in [0.717, 1.165) is 67.9 Å². The summed E-state index contributed by atoms with van der Waals surface area (Å²) in [7, 11) is 1.73.